The van der Waals surface area contributed by atoms with E-state index in [9.17, 15) is 4.79 Å². The monoisotopic (exact) mass is 398 g/mol. The van der Waals surface area contributed by atoms with Crippen LogP contribution < -0.4 is 4.90 Å². The normalized spacial score (nSPS) is 26.4. The van der Waals surface area contributed by atoms with Crippen molar-refractivity contribution in [3.05, 3.63) is 29.8 Å². The summed E-state index contributed by atoms with van der Waals surface area (Å²) in [6, 6.07) is 8.88. The first-order valence-corrected chi connectivity index (χ1v) is 11.6. The van der Waals surface area contributed by atoms with Crippen molar-refractivity contribution in [3.8, 4) is 0 Å². The van der Waals surface area contributed by atoms with E-state index in [1.807, 2.05) is 0 Å². The van der Waals surface area contributed by atoms with E-state index in [0.717, 1.165) is 52.4 Å². The number of piperazine rings is 1. The molecule has 5 heteroatoms. The summed E-state index contributed by atoms with van der Waals surface area (Å²) in [6.07, 6.45) is 3.73. The van der Waals surface area contributed by atoms with Crippen LogP contribution in [0.25, 0.3) is 0 Å². The Bertz CT molecular complexity index is 675. The molecule has 1 amide bonds. The molecule has 29 heavy (non-hydrogen) atoms. The molecule has 0 saturated carbocycles. The summed E-state index contributed by atoms with van der Waals surface area (Å²) in [4.78, 5) is 22.4. The van der Waals surface area contributed by atoms with Crippen molar-refractivity contribution in [3.63, 3.8) is 0 Å². The largest absolute Gasteiger partial charge is 0.370 e. The third-order valence-corrected chi connectivity index (χ3v) is 6.94. The molecule has 0 aliphatic carbocycles. The quantitative estimate of drug-likeness (QED) is 0.763. The standard InChI is InChI=1S/C24H38N4O/c1-20-16-21(2)18-28(17-20)24(29)19-26-12-10-25(11-13-26)14-15-27-9-5-7-22-6-3-4-8-23(22)27/h3-4,6,8,20-21H,5,7,9-19H2,1-2H3. The Kier molecular flexibility index (Phi) is 6.76. The fourth-order valence-corrected chi connectivity index (χ4v) is 5.43. The van der Waals surface area contributed by atoms with Gasteiger partial charge in [-0.25, -0.2) is 0 Å². The molecule has 3 aliphatic heterocycles. The Labute approximate surface area is 176 Å². The number of rotatable bonds is 5. The first kappa shape index (κ1) is 20.7. The minimum atomic E-state index is 0.335. The summed E-state index contributed by atoms with van der Waals surface area (Å²) >= 11 is 0. The summed E-state index contributed by atoms with van der Waals surface area (Å²) in [5, 5.41) is 0. The first-order valence-electron chi connectivity index (χ1n) is 11.6. The number of fused-ring (bicyclic) bond motifs is 1. The summed E-state index contributed by atoms with van der Waals surface area (Å²) in [5.41, 5.74) is 2.94. The van der Waals surface area contributed by atoms with Crippen LogP contribution in [0.5, 0.6) is 0 Å². The predicted molar refractivity (Wildman–Crippen MR) is 119 cm³/mol. The van der Waals surface area contributed by atoms with Gasteiger partial charge in [-0.3, -0.25) is 14.6 Å². The minimum absolute atomic E-state index is 0.335. The highest BCUT2D eigenvalue weighted by Gasteiger charge is 2.27. The van der Waals surface area contributed by atoms with E-state index in [2.05, 4.69) is 57.7 Å². The third-order valence-electron chi connectivity index (χ3n) is 6.94. The van der Waals surface area contributed by atoms with Gasteiger partial charge in [-0.05, 0) is 42.7 Å². The lowest BCUT2D eigenvalue weighted by atomic mass is 9.92. The number of amides is 1. The van der Waals surface area contributed by atoms with Crippen molar-refractivity contribution in [1.29, 1.82) is 0 Å². The number of likely N-dealkylation sites (tertiary alicyclic amines) is 1. The number of piperidine rings is 1. The summed E-state index contributed by atoms with van der Waals surface area (Å²) < 4.78 is 0. The molecule has 2 fully saturated rings. The maximum atomic E-state index is 12.8. The molecule has 2 saturated heterocycles. The van der Waals surface area contributed by atoms with Gasteiger partial charge in [-0.1, -0.05) is 32.0 Å². The fraction of sp³-hybridized carbons (Fsp3) is 0.708. The Balaban J connectivity index is 1.20. The second-order valence-electron chi connectivity index (χ2n) is 9.58. The van der Waals surface area contributed by atoms with E-state index >= 15 is 0 Å². The smallest absolute Gasteiger partial charge is 0.236 e. The zero-order valence-corrected chi connectivity index (χ0v) is 18.4. The van der Waals surface area contributed by atoms with E-state index in [-0.39, 0.29) is 0 Å². The van der Waals surface area contributed by atoms with Crippen LogP contribution in [0.4, 0.5) is 5.69 Å². The molecule has 3 aliphatic rings. The molecule has 0 radical (unpaired) electrons. The van der Waals surface area contributed by atoms with E-state index in [0.29, 0.717) is 24.3 Å². The predicted octanol–water partition coefficient (Wildman–Crippen LogP) is 2.56. The minimum Gasteiger partial charge on any atom is -0.370 e. The molecule has 2 unspecified atom stereocenters. The molecular formula is C24H38N4O. The van der Waals surface area contributed by atoms with Gasteiger partial charge in [0, 0.05) is 64.6 Å². The number of hydrogen-bond donors (Lipinski definition) is 0. The second kappa shape index (κ2) is 9.48. The van der Waals surface area contributed by atoms with Crippen molar-refractivity contribution in [2.45, 2.75) is 33.1 Å². The average Bonchev–Trinajstić information content (AvgIpc) is 2.72. The molecule has 4 rings (SSSR count). The van der Waals surface area contributed by atoms with Crippen molar-refractivity contribution < 1.29 is 4.79 Å². The van der Waals surface area contributed by atoms with Gasteiger partial charge in [0.25, 0.3) is 0 Å². The van der Waals surface area contributed by atoms with Gasteiger partial charge >= 0.3 is 0 Å². The highest BCUT2D eigenvalue weighted by molar-refractivity contribution is 5.78. The molecule has 0 spiro atoms. The molecule has 1 aromatic carbocycles. The molecular weight excluding hydrogens is 360 g/mol. The van der Waals surface area contributed by atoms with Crippen LogP contribution in [0, 0.1) is 11.8 Å². The van der Waals surface area contributed by atoms with Crippen molar-refractivity contribution >= 4 is 11.6 Å². The average molecular weight is 399 g/mol. The van der Waals surface area contributed by atoms with Crippen LogP contribution >= 0.6 is 0 Å². The number of para-hydroxylation sites is 1. The molecule has 0 bridgehead atoms. The van der Waals surface area contributed by atoms with Crippen molar-refractivity contribution in [2.75, 3.05) is 70.3 Å². The molecule has 160 valence electrons. The maximum Gasteiger partial charge on any atom is 0.236 e. The molecule has 1 aromatic rings. The Hall–Kier alpha value is -1.59. The number of benzene rings is 1. The van der Waals surface area contributed by atoms with Gasteiger partial charge in [0.1, 0.15) is 0 Å². The Morgan fingerprint density at radius 2 is 1.62 bits per heavy atom. The van der Waals surface area contributed by atoms with Gasteiger partial charge in [0.15, 0.2) is 0 Å². The Morgan fingerprint density at radius 3 is 2.38 bits per heavy atom. The van der Waals surface area contributed by atoms with Crippen LogP contribution in [0.15, 0.2) is 24.3 Å². The van der Waals surface area contributed by atoms with Crippen LogP contribution in [0.1, 0.15) is 32.3 Å². The van der Waals surface area contributed by atoms with E-state index in [4.69, 9.17) is 0 Å². The zero-order valence-electron chi connectivity index (χ0n) is 18.4. The first-order chi connectivity index (χ1) is 14.1. The fourth-order valence-electron chi connectivity index (χ4n) is 5.43. The molecule has 0 N–H and O–H groups in total. The lowest BCUT2D eigenvalue weighted by Crippen LogP contribution is -2.52. The number of carbonyl (C=O) groups is 1. The lowest BCUT2D eigenvalue weighted by Gasteiger charge is -2.39. The van der Waals surface area contributed by atoms with E-state index < -0.39 is 0 Å². The van der Waals surface area contributed by atoms with Crippen LogP contribution in [-0.4, -0.2) is 86.1 Å². The summed E-state index contributed by atoms with van der Waals surface area (Å²) in [5.74, 6) is 1.61. The SMILES string of the molecule is CC1CC(C)CN(C(=O)CN2CCN(CCN3CCCc4ccccc43)CC2)C1. The topological polar surface area (TPSA) is 30.0 Å². The number of nitrogens with zero attached hydrogens (tertiary/aromatic N) is 4. The number of aryl methyl sites for hydroxylation is 1. The highest BCUT2D eigenvalue weighted by Crippen LogP contribution is 2.26. The van der Waals surface area contributed by atoms with Gasteiger partial charge in [0.05, 0.1) is 6.54 Å². The van der Waals surface area contributed by atoms with Gasteiger partial charge in [0.2, 0.25) is 5.91 Å². The molecule has 5 nitrogen and oxygen atoms in total. The van der Waals surface area contributed by atoms with Crippen LogP contribution in [-0.2, 0) is 11.2 Å². The van der Waals surface area contributed by atoms with E-state index in [1.165, 1.54) is 37.1 Å². The van der Waals surface area contributed by atoms with Gasteiger partial charge in [-0.2, -0.15) is 0 Å². The number of carbonyl (C=O) groups excluding carboxylic acids is 1. The zero-order chi connectivity index (χ0) is 20.2. The Morgan fingerprint density at radius 1 is 0.931 bits per heavy atom. The third kappa shape index (κ3) is 5.32. The van der Waals surface area contributed by atoms with Crippen LogP contribution in [0.3, 0.4) is 0 Å². The molecule has 3 heterocycles. The highest BCUT2D eigenvalue weighted by atomic mass is 16.2. The summed E-state index contributed by atoms with van der Waals surface area (Å²) in [7, 11) is 0. The number of hydrogen-bond acceptors (Lipinski definition) is 4. The van der Waals surface area contributed by atoms with E-state index in [1.54, 1.807) is 0 Å². The van der Waals surface area contributed by atoms with Crippen LogP contribution in [0.2, 0.25) is 0 Å². The molecule has 0 aromatic heterocycles. The van der Waals surface area contributed by atoms with Gasteiger partial charge < -0.3 is 9.80 Å². The maximum absolute atomic E-state index is 12.8. The van der Waals surface area contributed by atoms with Crippen molar-refractivity contribution in [1.82, 2.24) is 14.7 Å². The van der Waals surface area contributed by atoms with Gasteiger partial charge in [-0.15, -0.1) is 0 Å². The van der Waals surface area contributed by atoms with Crippen molar-refractivity contribution in [2.24, 2.45) is 11.8 Å². The second-order valence-corrected chi connectivity index (χ2v) is 9.58. The molecule has 2 atom stereocenters. The lowest BCUT2D eigenvalue weighted by molar-refractivity contribution is -0.135. The number of anilines is 1. The summed E-state index contributed by atoms with van der Waals surface area (Å²) in [6.45, 7) is 14.6.